The van der Waals surface area contributed by atoms with Crippen molar-refractivity contribution in [3.8, 4) is 0 Å². The van der Waals surface area contributed by atoms with E-state index in [0.29, 0.717) is 42.8 Å². The lowest BCUT2D eigenvalue weighted by Crippen LogP contribution is -2.38. The van der Waals surface area contributed by atoms with E-state index in [2.05, 4.69) is 10.3 Å². The van der Waals surface area contributed by atoms with Gasteiger partial charge in [-0.05, 0) is 61.7 Å². The molecule has 1 fully saturated rings. The quantitative estimate of drug-likeness (QED) is 0.674. The van der Waals surface area contributed by atoms with E-state index < -0.39 is 0 Å². The van der Waals surface area contributed by atoms with Crippen molar-refractivity contribution >= 4 is 11.8 Å². The molecule has 1 aliphatic rings. The van der Waals surface area contributed by atoms with Gasteiger partial charge in [0.05, 0.1) is 17.5 Å². The summed E-state index contributed by atoms with van der Waals surface area (Å²) in [5, 5.41) is 2.86. The van der Waals surface area contributed by atoms with Crippen LogP contribution in [0.3, 0.4) is 0 Å². The molecule has 31 heavy (non-hydrogen) atoms. The number of pyridine rings is 1. The number of amides is 2. The second kappa shape index (κ2) is 9.12. The van der Waals surface area contributed by atoms with Crippen LogP contribution in [0.15, 0.2) is 59.2 Å². The molecule has 160 valence electrons. The number of nitrogens with zero attached hydrogens (tertiary/aromatic N) is 2. The van der Waals surface area contributed by atoms with Crippen molar-refractivity contribution < 1.29 is 18.4 Å². The summed E-state index contributed by atoms with van der Waals surface area (Å²) >= 11 is 0. The highest BCUT2D eigenvalue weighted by molar-refractivity contribution is 5.95. The molecule has 1 aromatic carbocycles. The second-order valence-electron chi connectivity index (χ2n) is 7.74. The Balaban J connectivity index is 1.44. The third-order valence-corrected chi connectivity index (χ3v) is 5.55. The normalized spacial score (nSPS) is 14.5. The highest BCUT2D eigenvalue weighted by atomic mass is 19.1. The Morgan fingerprint density at radius 2 is 1.97 bits per heavy atom. The van der Waals surface area contributed by atoms with Gasteiger partial charge in [-0.15, -0.1) is 0 Å². The second-order valence-corrected chi connectivity index (χ2v) is 7.74. The number of nitrogens with one attached hydrogen (secondary N) is 1. The summed E-state index contributed by atoms with van der Waals surface area (Å²) in [5.41, 5.74) is 2.81. The number of rotatable bonds is 5. The van der Waals surface area contributed by atoms with Crippen LogP contribution in [0, 0.1) is 12.7 Å². The molecular formula is C24H24FN3O3. The summed E-state index contributed by atoms with van der Waals surface area (Å²) in [6, 6.07) is 13.1. The molecule has 0 aliphatic carbocycles. The van der Waals surface area contributed by atoms with E-state index in [1.54, 1.807) is 35.2 Å². The van der Waals surface area contributed by atoms with Gasteiger partial charge in [0.2, 0.25) is 0 Å². The first-order valence-corrected chi connectivity index (χ1v) is 10.3. The minimum Gasteiger partial charge on any atom is -0.459 e. The minimum atomic E-state index is -0.333. The van der Waals surface area contributed by atoms with Crippen molar-refractivity contribution in [3.63, 3.8) is 0 Å². The standard InChI is InChI=1S/C24H24FN3O3/c1-16-7-8-20(23(29)26-15-17-4-2-5-19(25)14-17)22(27-16)18-9-11-28(12-10-18)24(30)21-6-3-13-31-21/h2-8,13-14,18H,9-12,15H2,1H3,(H,26,29). The van der Waals surface area contributed by atoms with Gasteiger partial charge in [0.25, 0.3) is 11.8 Å². The third kappa shape index (κ3) is 4.82. The number of benzene rings is 1. The van der Waals surface area contributed by atoms with Gasteiger partial charge >= 0.3 is 0 Å². The Labute approximate surface area is 180 Å². The number of piperidine rings is 1. The van der Waals surface area contributed by atoms with Crippen LogP contribution in [0.2, 0.25) is 0 Å². The van der Waals surface area contributed by atoms with Crippen molar-refractivity contribution in [1.82, 2.24) is 15.2 Å². The fraction of sp³-hybridized carbons (Fsp3) is 0.292. The molecule has 7 heteroatoms. The number of aromatic nitrogens is 1. The zero-order valence-electron chi connectivity index (χ0n) is 17.3. The number of carbonyl (C=O) groups excluding carboxylic acids is 2. The topological polar surface area (TPSA) is 75.4 Å². The zero-order valence-corrected chi connectivity index (χ0v) is 17.3. The number of halogens is 1. The van der Waals surface area contributed by atoms with E-state index in [9.17, 15) is 14.0 Å². The summed E-state index contributed by atoms with van der Waals surface area (Å²) in [6.07, 6.45) is 2.92. The fourth-order valence-electron chi connectivity index (χ4n) is 3.92. The first-order valence-electron chi connectivity index (χ1n) is 10.3. The van der Waals surface area contributed by atoms with Gasteiger partial charge < -0.3 is 14.6 Å². The van der Waals surface area contributed by atoms with Gasteiger partial charge in [-0.2, -0.15) is 0 Å². The highest BCUT2D eigenvalue weighted by Crippen LogP contribution is 2.30. The van der Waals surface area contributed by atoms with Gasteiger partial charge in [-0.1, -0.05) is 12.1 Å². The third-order valence-electron chi connectivity index (χ3n) is 5.55. The Hall–Kier alpha value is -3.48. The molecule has 1 N–H and O–H groups in total. The molecule has 2 amide bonds. The van der Waals surface area contributed by atoms with Crippen LogP contribution in [0.25, 0.3) is 0 Å². The van der Waals surface area contributed by atoms with Gasteiger partial charge in [0, 0.05) is 31.2 Å². The molecule has 0 bridgehead atoms. The van der Waals surface area contributed by atoms with Gasteiger partial charge in [0.1, 0.15) is 5.82 Å². The van der Waals surface area contributed by atoms with Crippen LogP contribution in [-0.4, -0.2) is 34.8 Å². The first kappa shape index (κ1) is 20.8. The van der Waals surface area contributed by atoms with Crippen LogP contribution in [0.4, 0.5) is 4.39 Å². The molecule has 0 spiro atoms. The van der Waals surface area contributed by atoms with Crippen molar-refractivity contribution in [2.75, 3.05) is 13.1 Å². The van der Waals surface area contributed by atoms with E-state index in [4.69, 9.17) is 4.42 Å². The summed E-state index contributed by atoms with van der Waals surface area (Å²) in [4.78, 5) is 31.8. The summed E-state index contributed by atoms with van der Waals surface area (Å²) in [6.45, 7) is 3.28. The molecule has 3 heterocycles. The number of hydrogen-bond donors (Lipinski definition) is 1. The van der Waals surface area contributed by atoms with Crippen molar-refractivity contribution in [3.05, 3.63) is 88.9 Å². The molecule has 2 aromatic heterocycles. The predicted molar refractivity (Wildman–Crippen MR) is 113 cm³/mol. The van der Waals surface area contributed by atoms with Crippen molar-refractivity contribution in [2.45, 2.75) is 32.2 Å². The predicted octanol–water partition coefficient (Wildman–Crippen LogP) is 4.07. The molecule has 0 atom stereocenters. The number of likely N-dealkylation sites (tertiary alicyclic amines) is 1. The summed E-state index contributed by atoms with van der Waals surface area (Å²) in [5.74, 6) is -0.269. The van der Waals surface area contributed by atoms with E-state index in [1.165, 1.54) is 18.4 Å². The molecule has 0 unspecified atom stereocenters. The average molecular weight is 421 g/mol. The van der Waals surface area contributed by atoms with Crippen LogP contribution in [-0.2, 0) is 6.54 Å². The van der Waals surface area contributed by atoms with E-state index >= 15 is 0 Å². The van der Waals surface area contributed by atoms with E-state index in [-0.39, 0.29) is 30.1 Å². The maximum atomic E-state index is 13.4. The largest absolute Gasteiger partial charge is 0.459 e. The van der Waals surface area contributed by atoms with Crippen LogP contribution in [0.5, 0.6) is 0 Å². The van der Waals surface area contributed by atoms with E-state index in [0.717, 1.165) is 11.4 Å². The number of aryl methyl sites for hydroxylation is 1. The maximum absolute atomic E-state index is 13.4. The Morgan fingerprint density at radius 1 is 1.16 bits per heavy atom. The van der Waals surface area contributed by atoms with E-state index in [1.807, 2.05) is 13.0 Å². The highest BCUT2D eigenvalue weighted by Gasteiger charge is 2.29. The average Bonchev–Trinajstić information content (AvgIpc) is 3.32. The van der Waals surface area contributed by atoms with Gasteiger partial charge in [-0.3, -0.25) is 14.6 Å². The number of carbonyl (C=O) groups is 2. The van der Waals surface area contributed by atoms with Crippen molar-refractivity contribution in [1.29, 1.82) is 0 Å². The Kier molecular flexibility index (Phi) is 6.11. The molecule has 3 aromatic rings. The lowest BCUT2D eigenvalue weighted by atomic mass is 9.89. The lowest BCUT2D eigenvalue weighted by Gasteiger charge is -2.32. The SMILES string of the molecule is Cc1ccc(C(=O)NCc2cccc(F)c2)c(C2CCN(C(=O)c3ccco3)CC2)n1. The molecule has 6 nitrogen and oxygen atoms in total. The van der Waals surface area contributed by atoms with Crippen LogP contribution < -0.4 is 5.32 Å². The fourth-order valence-corrected chi connectivity index (χ4v) is 3.92. The molecule has 4 rings (SSSR count). The number of hydrogen-bond acceptors (Lipinski definition) is 4. The van der Waals surface area contributed by atoms with Crippen LogP contribution >= 0.6 is 0 Å². The van der Waals surface area contributed by atoms with Crippen LogP contribution in [0.1, 0.15) is 56.6 Å². The molecular weight excluding hydrogens is 397 g/mol. The monoisotopic (exact) mass is 421 g/mol. The zero-order chi connectivity index (χ0) is 21.8. The van der Waals surface area contributed by atoms with Crippen molar-refractivity contribution in [2.24, 2.45) is 0 Å². The first-order chi connectivity index (χ1) is 15.0. The lowest BCUT2D eigenvalue weighted by molar-refractivity contribution is 0.0678. The Morgan fingerprint density at radius 3 is 2.68 bits per heavy atom. The summed E-state index contributed by atoms with van der Waals surface area (Å²) < 4.78 is 18.6. The molecule has 0 saturated carbocycles. The van der Waals surface area contributed by atoms with Gasteiger partial charge in [0.15, 0.2) is 5.76 Å². The Bertz CT molecular complexity index is 1070. The number of furan rings is 1. The molecule has 1 aliphatic heterocycles. The maximum Gasteiger partial charge on any atom is 0.289 e. The smallest absolute Gasteiger partial charge is 0.289 e. The molecule has 1 saturated heterocycles. The molecule has 0 radical (unpaired) electrons. The van der Waals surface area contributed by atoms with Gasteiger partial charge in [-0.25, -0.2) is 4.39 Å². The minimum absolute atomic E-state index is 0.0791. The summed E-state index contributed by atoms with van der Waals surface area (Å²) in [7, 11) is 0.